The Bertz CT molecular complexity index is 341. The van der Waals surface area contributed by atoms with Crippen LogP contribution in [0.15, 0.2) is 27.6 Å². The van der Waals surface area contributed by atoms with Gasteiger partial charge in [0.15, 0.2) is 0 Å². The fourth-order valence-electron chi connectivity index (χ4n) is 1.42. The zero-order chi connectivity index (χ0) is 12.1. The summed E-state index contributed by atoms with van der Waals surface area (Å²) >= 11 is 5.50. The quantitative estimate of drug-likeness (QED) is 0.797. The Kier molecular flexibility index (Phi) is 5.87. The number of benzene rings is 1. The first-order valence-electron chi connectivity index (χ1n) is 5.71. The minimum atomic E-state index is 0.402. The summed E-state index contributed by atoms with van der Waals surface area (Å²) in [6, 6.07) is 6.94. The van der Waals surface area contributed by atoms with E-state index in [1.807, 2.05) is 18.8 Å². The Labute approximate surface area is 112 Å². The zero-order valence-electron chi connectivity index (χ0n) is 10.4. The minimum Gasteiger partial charge on any atom is -0.313 e. The SMILES string of the molecule is CCC(C)Sc1cc(Br)ccc1C(C)NC. The summed E-state index contributed by atoms with van der Waals surface area (Å²) in [6.45, 7) is 6.71. The fourth-order valence-corrected chi connectivity index (χ4v) is 3.11. The topological polar surface area (TPSA) is 12.0 Å². The highest BCUT2D eigenvalue weighted by Gasteiger charge is 2.12. The average Bonchev–Trinajstić information content (AvgIpc) is 2.28. The van der Waals surface area contributed by atoms with Gasteiger partial charge in [-0.15, -0.1) is 11.8 Å². The predicted molar refractivity (Wildman–Crippen MR) is 77.2 cm³/mol. The highest BCUT2D eigenvalue weighted by molar-refractivity contribution is 9.10. The van der Waals surface area contributed by atoms with Gasteiger partial charge in [-0.05, 0) is 38.1 Å². The maximum absolute atomic E-state index is 3.55. The molecule has 3 heteroatoms. The molecule has 1 N–H and O–H groups in total. The van der Waals surface area contributed by atoms with E-state index < -0.39 is 0 Å². The molecule has 2 atom stereocenters. The van der Waals surface area contributed by atoms with Crippen LogP contribution >= 0.6 is 27.7 Å². The monoisotopic (exact) mass is 301 g/mol. The van der Waals surface area contributed by atoms with E-state index in [0.717, 1.165) is 4.47 Å². The molecule has 0 aliphatic heterocycles. The van der Waals surface area contributed by atoms with Crippen molar-refractivity contribution in [2.45, 2.75) is 43.4 Å². The van der Waals surface area contributed by atoms with Crippen LogP contribution in [0.2, 0.25) is 0 Å². The maximum atomic E-state index is 3.55. The van der Waals surface area contributed by atoms with Crippen molar-refractivity contribution < 1.29 is 0 Å². The second-order valence-electron chi connectivity index (χ2n) is 4.03. The largest absolute Gasteiger partial charge is 0.313 e. The Morgan fingerprint density at radius 2 is 2.06 bits per heavy atom. The number of nitrogens with one attached hydrogen (secondary N) is 1. The number of halogens is 1. The van der Waals surface area contributed by atoms with Gasteiger partial charge < -0.3 is 5.32 Å². The molecule has 0 amide bonds. The fraction of sp³-hybridized carbons (Fsp3) is 0.538. The van der Waals surface area contributed by atoms with E-state index >= 15 is 0 Å². The normalized spacial score (nSPS) is 14.8. The standard InChI is InChI=1S/C13H20BrNS/c1-5-9(2)16-13-8-11(14)6-7-12(13)10(3)15-4/h6-10,15H,5H2,1-4H3. The molecule has 0 saturated heterocycles. The molecule has 1 aromatic rings. The smallest absolute Gasteiger partial charge is 0.0300 e. The van der Waals surface area contributed by atoms with Gasteiger partial charge in [0.05, 0.1) is 0 Å². The van der Waals surface area contributed by atoms with Gasteiger partial charge in [0, 0.05) is 20.7 Å². The third kappa shape index (κ3) is 3.79. The molecule has 0 spiro atoms. The third-order valence-corrected chi connectivity index (χ3v) is 4.61. The van der Waals surface area contributed by atoms with Crippen LogP contribution in [-0.2, 0) is 0 Å². The third-order valence-electron chi connectivity index (χ3n) is 2.78. The van der Waals surface area contributed by atoms with Crippen LogP contribution in [0, 0.1) is 0 Å². The molecule has 90 valence electrons. The molecule has 0 saturated carbocycles. The molecule has 1 rings (SSSR count). The van der Waals surface area contributed by atoms with E-state index in [-0.39, 0.29) is 0 Å². The molecular weight excluding hydrogens is 282 g/mol. The van der Waals surface area contributed by atoms with Crippen molar-refractivity contribution in [3.63, 3.8) is 0 Å². The molecular formula is C13H20BrNS. The lowest BCUT2D eigenvalue weighted by Crippen LogP contribution is -2.13. The van der Waals surface area contributed by atoms with Crippen LogP contribution < -0.4 is 5.32 Å². The summed E-state index contributed by atoms with van der Waals surface area (Å²) in [6.07, 6.45) is 1.20. The van der Waals surface area contributed by atoms with Crippen molar-refractivity contribution >= 4 is 27.7 Å². The molecule has 0 aliphatic carbocycles. The lowest BCUT2D eigenvalue weighted by atomic mass is 10.1. The van der Waals surface area contributed by atoms with Crippen LogP contribution in [0.5, 0.6) is 0 Å². The molecule has 0 heterocycles. The van der Waals surface area contributed by atoms with Gasteiger partial charge >= 0.3 is 0 Å². The Morgan fingerprint density at radius 1 is 1.38 bits per heavy atom. The molecule has 0 aliphatic rings. The summed E-state index contributed by atoms with van der Waals surface area (Å²) in [5.74, 6) is 0. The number of rotatable bonds is 5. The Morgan fingerprint density at radius 3 is 2.62 bits per heavy atom. The predicted octanol–water partition coefficient (Wildman–Crippen LogP) is 4.62. The number of hydrogen-bond donors (Lipinski definition) is 1. The van der Waals surface area contributed by atoms with E-state index in [0.29, 0.717) is 11.3 Å². The van der Waals surface area contributed by atoms with Crippen molar-refractivity contribution in [2.75, 3.05) is 7.05 Å². The summed E-state index contributed by atoms with van der Waals surface area (Å²) < 4.78 is 1.16. The molecule has 16 heavy (non-hydrogen) atoms. The summed E-state index contributed by atoms with van der Waals surface area (Å²) in [7, 11) is 2.00. The van der Waals surface area contributed by atoms with Gasteiger partial charge in [-0.3, -0.25) is 0 Å². The van der Waals surface area contributed by atoms with Crippen LogP contribution in [0.4, 0.5) is 0 Å². The van der Waals surface area contributed by atoms with Gasteiger partial charge in [-0.2, -0.15) is 0 Å². The van der Waals surface area contributed by atoms with E-state index in [1.54, 1.807) is 0 Å². The van der Waals surface area contributed by atoms with Gasteiger partial charge in [0.25, 0.3) is 0 Å². The molecule has 2 unspecified atom stereocenters. The van der Waals surface area contributed by atoms with Crippen LogP contribution in [0.25, 0.3) is 0 Å². The van der Waals surface area contributed by atoms with E-state index in [1.165, 1.54) is 16.9 Å². The lowest BCUT2D eigenvalue weighted by molar-refractivity contribution is 0.641. The van der Waals surface area contributed by atoms with Gasteiger partial charge in [0.2, 0.25) is 0 Å². The summed E-state index contributed by atoms with van der Waals surface area (Å²) in [4.78, 5) is 1.38. The van der Waals surface area contributed by atoms with Crippen LogP contribution in [0.3, 0.4) is 0 Å². The van der Waals surface area contributed by atoms with Crippen LogP contribution in [-0.4, -0.2) is 12.3 Å². The summed E-state index contributed by atoms with van der Waals surface area (Å²) in [5.41, 5.74) is 1.39. The number of hydrogen-bond acceptors (Lipinski definition) is 2. The second kappa shape index (κ2) is 6.67. The first kappa shape index (κ1) is 14.1. The zero-order valence-corrected chi connectivity index (χ0v) is 12.8. The average molecular weight is 302 g/mol. The van der Waals surface area contributed by atoms with Gasteiger partial charge in [-0.25, -0.2) is 0 Å². The van der Waals surface area contributed by atoms with E-state index in [2.05, 4.69) is 60.2 Å². The molecule has 0 fully saturated rings. The maximum Gasteiger partial charge on any atom is 0.0300 e. The van der Waals surface area contributed by atoms with Crippen molar-refractivity contribution in [1.82, 2.24) is 5.32 Å². The van der Waals surface area contributed by atoms with Gasteiger partial charge in [0.1, 0.15) is 0 Å². The molecule has 0 bridgehead atoms. The molecule has 0 aromatic heterocycles. The highest BCUT2D eigenvalue weighted by atomic mass is 79.9. The number of thioether (sulfide) groups is 1. The molecule has 1 aromatic carbocycles. The first-order valence-corrected chi connectivity index (χ1v) is 7.39. The first-order chi connectivity index (χ1) is 7.58. The Hall–Kier alpha value is 0.01000. The second-order valence-corrected chi connectivity index (χ2v) is 6.43. The van der Waals surface area contributed by atoms with Crippen molar-refractivity contribution in [1.29, 1.82) is 0 Å². The summed E-state index contributed by atoms with van der Waals surface area (Å²) in [5, 5.41) is 3.97. The van der Waals surface area contributed by atoms with Gasteiger partial charge in [-0.1, -0.05) is 35.8 Å². The minimum absolute atomic E-state index is 0.402. The van der Waals surface area contributed by atoms with Crippen molar-refractivity contribution in [2.24, 2.45) is 0 Å². The van der Waals surface area contributed by atoms with E-state index in [9.17, 15) is 0 Å². The van der Waals surface area contributed by atoms with Crippen molar-refractivity contribution in [3.05, 3.63) is 28.2 Å². The lowest BCUT2D eigenvalue weighted by Gasteiger charge is -2.18. The molecule has 1 nitrogen and oxygen atoms in total. The van der Waals surface area contributed by atoms with E-state index in [4.69, 9.17) is 0 Å². The van der Waals surface area contributed by atoms with Crippen LogP contribution in [0.1, 0.15) is 38.8 Å². The molecule has 0 radical (unpaired) electrons. The Balaban J connectivity index is 2.98. The van der Waals surface area contributed by atoms with Crippen molar-refractivity contribution in [3.8, 4) is 0 Å². The highest BCUT2D eigenvalue weighted by Crippen LogP contribution is 2.33.